The number of rotatable bonds is 6. The average Bonchev–Trinajstić information content (AvgIpc) is 3.18. The second-order valence-electron chi connectivity index (χ2n) is 8.95. The minimum Gasteiger partial charge on any atom is -0.443 e. The van der Waals surface area contributed by atoms with Crippen LogP contribution in [0.15, 0.2) is 18.5 Å². The summed E-state index contributed by atoms with van der Waals surface area (Å²) in [5.41, 5.74) is 2.68. The maximum absolute atomic E-state index is 15.0. The van der Waals surface area contributed by atoms with Crippen molar-refractivity contribution in [2.75, 3.05) is 5.32 Å². The van der Waals surface area contributed by atoms with Crippen molar-refractivity contribution in [3.63, 3.8) is 0 Å². The van der Waals surface area contributed by atoms with E-state index in [4.69, 9.17) is 4.74 Å². The Morgan fingerprint density at radius 2 is 2.18 bits per heavy atom. The van der Waals surface area contributed by atoms with E-state index in [0.717, 1.165) is 18.4 Å². The Balaban J connectivity index is 1.31. The van der Waals surface area contributed by atoms with E-state index < -0.39 is 24.3 Å². The Hall–Kier alpha value is -3.68. The largest absolute Gasteiger partial charge is 0.443 e. The summed E-state index contributed by atoms with van der Waals surface area (Å²) in [6, 6.07) is 3.73. The third-order valence-corrected chi connectivity index (χ3v) is 6.05. The number of alkyl halides is 1. The van der Waals surface area contributed by atoms with Crippen molar-refractivity contribution in [2.45, 2.75) is 69.7 Å². The van der Waals surface area contributed by atoms with Crippen molar-refractivity contribution < 1.29 is 13.9 Å². The Morgan fingerprint density at radius 3 is 2.91 bits per heavy atom. The molecule has 3 N–H and O–H groups in total. The molecule has 3 aromatic rings. The molecular formula is C22H25FN8O2. The number of H-pyrrole nitrogens is 1. The number of fused-ring (bicyclic) bond motifs is 1. The second kappa shape index (κ2) is 8.35. The number of nitrogens with one attached hydrogen (secondary N) is 3. The molecule has 0 bridgehead atoms. The first kappa shape index (κ1) is 21.2. The van der Waals surface area contributed by atoms with Crippen LogP contribution in [0.25, 0.3) is 5.65 Å². The summed E-state index contributed by atoms with van der Waals surface area (Å²) in [4.78, 5) is 20.8. The predicted octanol–water partition coefficient (Wildman–Crippen LogP) is 3.66. The van der Waals surface area contributed by atoms with Gasteiger partial charge in [0.1, 0.15) is 24.0 Å². The molecule has 3 aromatic heterocycles. The lowest BCUT2D eigenvalue weighted by Gasteiger charge is -2.18. The smallest absolute Gasteiger partial charge is 0.407 e. The van der Waals surface area contributed by atoms with Crippen LogP contribution in [-0.4, -0.2) is 49.0 Å². The number of carbonyl (C=O) groups excluding carboxylic acids is 1. The number of aromatic nitrogens is 5. The van der Waals surface area contributed by atoms with Crippen molar-refractivity contribution in [3.8, 4) is 6.07 Å². The highest BCUT2D eigenvalue weighted by Gasteiger charge is 2.41. The zero-order chi connectivity index (χ0) is 23.1. The number of hydrogen-bond acceptors (Lipinski definition) is 7. The highest BCUT2D eigenvalue weighted by Crippen LogP contribution is 2.42. The number of ether oxygens (including phenoxy) is 1. The molecule has 3 heterocycles. The van der Waals surface area contributed by atoms with E-state index in [-0.39, 0.29) is 6.04 Å². The molecule has 2 aliphatic carbocycles. The Labute approximate surface area is 189 Å². The molecular weight excluding hydrogens is 427 g/mol. The van der Waals surface area contributed by atoms with E-state index in [1.54, 1.807) is 22.9 Å². The highest BCUT2D eigenvalue weighted by molar-refractivity contribution is 5.67. The van der Waals surface area contributed by atoms with E-state index >= 15 is 4.39 Å². The molecule has 11 heteroatoms. The summed E-state index contributed by atoms with van der Waals surface area (Å²) in [6.45, 7) is 3.63. The quantitative estimate of drug-likeness (QED) is 0.520. The molecule has 0 aliphatic heterocycles. The number of aromatic amines is 1. The number of amides is 1. The van der Waals surface area contributed by atoms with Crippen molar-refractivity contribution in [1.82, 2.24) is 29.9 Å². The van der Waals surface area contributed by atoms with E-state index in [0.29, 0.717) is 47.6 Å². The summed E-state index contributed by atoms with van der Waals surface area (Å²) < 4.78 is 22.0. The minimum atomic E-state index is -1.33. The summed E-state index contributed by atoms with van der Waals surface area (Å²) >= 11 is 0. The zero-order valence-corrected chi connectivity index (χ0v) is 18.4. The summed E-state index contributed by atoms with van der Waals surface area (Å²) in [5, 5.41) is 22.2. The van der Waals surface area contributed by atoms with Gasteiger partial charge in [-0.25, -0.2) is 19.2 Å². The molecule has 2 aliphatic rings. The van der Waals surface area contributed by atoms with Gasteiger partial charge in [-0.05, 0) is 45.4 Å². The molecule has 2 saturated carbocycles. The number of anilines is 2. The van der Waals surface area contributed by atoms with Crippen LogP contribution in [0.4, 0.5) is 21.0 Å². The minimum absolute atomic E-state index is 0.0767. The lowest BCUT2D eigenvalue weighted by molar-refractivity contribution is 0.0555. The summed E-state index contributed by atoms with van der Waals surface area (Å²) in [7, 11) is 0. The second-order valence-corrected chi connectivity index (χ2v) is 8.95. The van der Waals surface area contributed by atoms with Gasteiger partial charge in [-0.3, -0.25) is 9.50 Å². The number of alkyl carbamates (subject to hydrolysis) is 1. The van der Waals surface area contributed by atoms with Crippen LogP contribution in [-0.2, 0) is 4.74 Å². The maximum atomic E-state index is 15.0. The van der Waals surface area contributed by atoms with E-state index in [9.17, 15) is 10.1 Å². The van der Waals surface area contributed by atoms with Gasteiger partial charge in [0.2, 0.25) is 5.95 Å². The predicted molar refractivity (Wildman–Crippen MR) is 117 cm³/mol. The standard InChI is InChI=1S/C22H25FN8O2/c1-11(2)26-22(32)33-17-6-5-14(19(17)23)16-7-18(30-29-16)28-21-25-9-15(12-3-4-12)20-27-13(8-24)10-31(20)21/h7,9-12,14,17,19H,3-6H2,1-2H3,(H,26,32)(H2,25,28,29,30)/t14-,17-,19-/m1/s1. The zero-order valence-electron chi connectivity index (χ0n) is 18.4. The first-order chi connectivity index (χ1) is 15.9. The van der Waals surface area contributed by atoms with Crippen molar-refractivity contribution in [3.05, 3.63) is 35.4 Å². The molecule has 0 radical (unpaired) electrons. The van der Waals surface area contributed by atoms with E-state index in [1.165, 1.54) is 0 Å². The molecule has 0 saturated heterocycles. The van der Waals surface area contributed by atoms with Crippen LogP contribution in [0.5, 0.6) is 0 Å². The molecule has 3 atom stereocenters. The Morgan fingerprint density at radius 1 is 1.36 bits per heavy atom. The number of nitrogens with zero attached hydrogens (tertiary/aromatic N) is 5. The average molecular weight is 452 g/mol. The van der Waals surface area contributed by atoms with Gasteiger partial charge in [0.15, 0.2) is 11.5 Å². The molecule has 33 heavy (non-hydrogen) atoms. The van der Waals surface area contributed by atoms with Crippen molar-refractivity contribution >= 4 is 23.5 Å². The van der Waals surface area contributed by atoms with Gasteiger partial charge in [-0.15, -0.1) is 0 Å². The summed E-state index contributed by atoms with van der Waals surface area (Å²) in [6.07, 6.45) is 3.87. The molecule has 0 aromatic carbocycles. The normalized spacial score (nSPS) is 22.5. The summed E-state index contributed by atoms with van der Waals surface area (Å²) in [5.74, 6) is 0.922. The van der Waals surface area contributed by atoms with Crippen LogP contribution in [0.1, 0.15) is 68.3 Å². The Kier molecular flexibility index (Phi) is 5.36. The highest BCUT2D eigenvalue weighted by atomic mass is 19.1. The number of carbonyl (C=O) groups is 1. The third-order valence-electron chi connectivity index (χ3n) is 6.05. The molecule has 172 valence electrons. The van der Waals surface area contributed by atoms with Gasteiger partial charge in [0.05, 0.1) is 6.20 Å². The first-order valence-corrected chi connectivity index (χ1v) is 11.1. The van der Waals surface area contributed by atoms with Crippen LogP contribution >= 0.6 is 0 Å². The van der Waals surface area contributed by atoms with Gasteiger partial charge >= 0.3 is 6.09 Å². The number of hydrogen-bond donors (Lipinski definition) is 3. The number of imidazole rings is 1. The third kappa shape index (κ3) is 4.20. The van der Waals surface area contributed by atoms with Gasteiger partial charge in [0.25, 0.3) is 0 Å². The van der Waals surface area contributed by atoms with E-state index in [1.807, 2.05) is 13.8 Å². The number of halogens is 1. The molecule has 2 fully saturated rings. The van der Waals surface area contributed by atoms with Crippen LogP contribution < -0.4 is 10.6 Å². The molecule has 0 spiro atoms. The fraction of sp³-hybridized carbons (Fsp3) is 0.500. The molecule has 0 unspecified atom stereocenters. The molecule has 10 nitrogen and oxygen atoms in total. The number of nitriles is 1. The lowest BCUT2D eigenvalue weighted by atomic mass is 10.0. The van der Waals surface area contributed by atoms with Gasteiger partial charge in [-0.1, -0.05) is 0 Å². The van der Waals surface area contributed by atoms with Gasteiger partial charge < -0.3 is 15.4 Å². The van der Waals surface area contributed by atoms with Gasteiger partial charge in [-0.2, -0.15) is 10.4 Å². The van der Waals surface area contributed by atoms with Crippen LogP contribution in [0, 0.1) is 11.3 Å². The van der Waals surface area contributed by atoms with Crippen LogP contribution in [0.3, 0.4) is 0 Å². The first-order valence-electron chi connectivity index (χ1n) is 11.1. The van der Waals surface area contributed by atoms with Crippen molar-refractivity contribution in [2.24, 2.45) is 0 Å². The SMILES string of the molecule is CC(C)NC(=O)O[C@@H]1CC[C@H](c2cc(Nc3ncc(C4CC4)c4nc(C#N)cn34)n[nH]2)[C@H]1F. The van der Waals surface area contributed by atoms with Gasteiger partial charge in [0, 0.05) is 35.5 Å². The lowest BCUT2D eigenvalue weighted by Crippen LogP contribution is -2.36. The fourth-order valence-corrected chi connectivity index (χ4v) is 4.31. The van der Waals surface area contributed by atoms with E-state index in [2.05, 4.69) is 36.9 Å². The molecule has 1 amide bonds. The van der Waals surface area contributed by atoms with Crippen LogP contribution in [0.2, 0.25) is 0 Å². The van der Waals surface area contributed by atoms with Crippen molar-refractivity contribution in [1.29, 1.82) is 5.26 Å². The fourth-order valence-electron chi connectivity index (χ4n) is 4.31. The maximum Gasteiger partial charge on any atom is 0.407 e. The monoisotopic (exact) mass is 452 g/mol. The topological polar surface area (TPSA) is 133 Å². The Bertz CT molecular complexity index is 1220. The molecule has 5 rings (SSSR count).